The van der Waals surface area contributed by atoms with Gasteiger partial charge in [0.1, 0.15) is 11.9 Å². The molecular weight excluding hydrogens is 314 g/mol. The fourth-order valence-electron chi connectivity index (χ4n) is 2.85. The lowest BCUT2D eigenvalue weighted by molar-refractivity contribution is 0.178. The third-order valence-corrected chi connectivity index (χ3v) is 4.31. The molecule has 1 N–H and O–H groups in total. The monoisotopic (exact) mass is 343 g/mol. The highest BCUT2D eigenvalue weighted by Crippen LogP contribution is 2.31. The minimum absolute atomic E-state index is 0.166. The highest BCUT2D eigenvalue weighted by molar-refractivity contribution is 5.69. The Labute approximate surface area is 150 Å². The van der Waals surface area contributed by atoms with E-state index in [4.69, 9.17) is 19.4 Å². The fraction of sp³-hybridized carbons (Fsp3) is 0.500. The largest absolute Gasteiger partial charge is 0.497 e. The van der Waals surface area contributed by atoms with Crippen molar-refractivity contribution in [1.29, 1.82) is 0 Å². The zero-order valence-corrected chi connectivity index (χ0v) is 16.1. The highest BCUT2D eigenvalue weighted by atomic mass is 16.5. The maximum absolute atomic E-state index is 6.11. The van der Waals surface area contributed by atoms with Crippen molar-refractivity contribution < 1.29 is 9.47 Å². The van der Waals surface area contributed by atoms with Gasteiger partial charge in [-0.05, 0) is 50.5 Å². The van der Waals surface area contributed by atoms with Gasteiger partial charge in [0.2, 0.25) is 0 Å². The molecule has 1 unspecified atom stereocenters. The van der Waals surface area contributed by atoms with Gasteiger partial charge in [0.25, 0.3) is 5.88 Å². The second kappa shape index (κ2) is 8.70. The van der Waals surface area contributed by atoms with E-state index in [0.717, 1.165) is 47.5 Å². The Morgan fingerprint density at radius 1 is 1.16 bits per heavy atom. The lowest BCUT2D eigenvalue weighted by atomic mass is 10.0. The Balaban J connectivity index is 2.42. The normalized spacial score (nSPS) is 11.9. The van der Waals surface area contributed by atoms with Crippen molar-refractivity contribution in [1.82, 2.24) is 9.97 Å². The molecule has 1 aromatic heterocycles. The Bertz CT molecular complexity index is 716. The molecule has 2 rings (SSSR count). The molecule has 5 heteroatoms. The average Bonchev–Trinajstić information content (AvgIpc) is 2.61. The maximum Gasteiger partial charge on any atom is 0.257 e. The molecule has 0 aliphatic rings. The molecule has 0 radical (unpaired) electrons. The van der Waals surface area contributed by atoms with Crippen molar-refractivity contribution in [2.75, 3.05) is 19.5 Å². The molecule has 25 heavy (non-hydrogen) atoms. The molecule has 136 valence electrons. The molecule has 5 nitrogen and oxygen atoms in total. The predicted octanol–water partition coefficient (Wildman–Crippen LogP) is 4.77. The highest BCUT2D eigenvalue weighted by Gasteiger charge is 2.17. The summed E-state index contributed by atoms with van der Waals surface area (Å²) < 4.78 is 11.4. The number of hydrogen-bond donors (Lipinski definition) is 1. The summed E-state index contributed by atoms with van der Waals surface area (Å²) in [6.07, 6.45) is 3.22. The van der Waals surface area contributed by atoms with E-state index < -0.39 is 0 Å². The molecular formula is C20H29N3O2. The second-order valence-electron chi connectivity index (χ2n) is 6.18. The van der Waals surface area contributed by atoms with E-state index in [1.807, 2.05) is 32.2 Å². The van der Waals surface area contributed by atoms with Crippen LogP contribution in [0.4, 0.5) is 5.82 Å². The van der Waals surface area contributed by atoms with Crippen molar-refractivity contribution in [2.24, 2.45) is 0 Å². The molecule has 1 atom stereocenters. The molecule has 0 aliphatic carbocycles. The van der Waals surface area contributed by atoms with Gasteiger partial charge in [-0.1, -0.05) is 20.3 Å². The summed E-state index contributed by atoms with van der Waals surface area (Å²) in [6, 6.07) is 5.98. The molecule has 1 heterocycles. The summed E-state index contributed by atoms with van der Waals surface area (Å²) in [5, 5.41) is 3.12. The first kappa shape index (κ1) is 19.0. The summed E-state index contributed by atoms with van der Waals surface area (Å²) in [5.41, 5.74) is 3.87. The summed E-state index contributed by atoms with van der Waals surface area (Å²) in [4.78, 5) is 9.48. The van der Waals surface area contributed by atoms with Crippen LogP contribution in [0.1, 0.15) is 44.4 Å². The number of aryl methyl sites for hydroxylation is 2. The van der Waals surface area contributed by atoms with E-state index in [9.17, 15) is 0 Å². The smallest absolute Gasteiger partial charge is 0.257 e. The van der Waals surface area contributed by atoms with Crippen LogP contribution in [0.25, 0.3) is 11.3 Å². The molecule has 0 bridgehead atoms. The van der Waals surface area contributed by atoms with Crippen LogP contribution in [0, 0.1) is 13.8 Å². The van der Waals surface area contributed by atoms with Gasteiger partial charge in [0.05, 0.1) is 18.5 Å². The van der Waals surface area contributed by atoms with Crippen molar-refractivity contribution in [3.05, 3.63) is 29.5 Å². The van der Waals surface area contributed by atoms with E-state index in [0.29, 0.717) is 11.7 Å². The van der Waals surface area contributed by atoms with Gasteiger partial charge >= 0.3 is 0 Å². The minimum atomic E-state index is 0.166. The molecule has 2 aromatic rings. The van der Waals surface area contributed by atoms with Gasteiger partial charge in [0.15, 0.2) is 5.82 Å². The van der Waals surface area contributed by atoms with Crippen LogP contribution in [-0.2, 0) is 0 Å². The number of nitrogens with one attached hydrogen (secondary N) is 1. The van der Waals surface area contributed by atoms with Gasteiger partial charge in [0, 0.05) is 12.6 Å². The van der Waals surface area contributed by atoms with Crippen LogP contribution >= 0.6 is 0 Å². The number of aromatic nitrogens is 2. The number of rotatable bonds is 8. The molecule has 0 saturated heterocycles. The Morgan fingerprint density at radius 3 is 2.48 bits per heavy atom. The van der Waals surface area contributed by atoms with Crippen LogP contribution in [0.3, 0.4) is 0 Å². The van der Waals surface area contributed by atoms with E-state index >= 15 is 0 Å². The Kier molecular flexibility index (Phi) is 6.62. The van der Waals surface area contributed by atoms with Crippen molar-refractivity contribution >= 4 is 5.82 Å². The van der Waals surface area contributed by atoms with Crippen LogP contribution in [0.5, 0.6) is 11.6 Å². The molecule has 0 fully saturated rings. The summed E-state index contributed by atoms with van der Waals surface area (Å²) in [7, 11) is 3.52. The molecule has 0 spiro atoms. The molecule has 0 saturated carbocycles. The summed E-state index contributed by atoms with van der Waals surface area (Å²) in [6.45, 7) is 8.32. The second-order valence-corrected chi connectivity index (χ2v) is 6.18. The summed E-state index contributed by atoms with van der Waals surface area (Å²) >= 11 is 0. The lowest BCUT2D eigenvalue weighted by Crippen LogP contribution is -2.17. The van der Waals surface area contributed by atoms with Gasteiger partial charge in [-0.25, -0.2) is 9.97 Å². The number of anilines is 1. The Hall–Kier alpha value is -2.30. The lowest BCUT2D eigenvalue weighted by Gasteiger charge is -2.19. The van der Waals surface area contributed by atoms with Gasteiger partial charge in [-0.15, -0.1) is 0 Å². The summed E-state index contributed by atoms with van der Waals surface area (Å²) in [5.74, 6) is 2.09. The molecule has 0 aliphatic heterocycles. The number of nitrogens with zero attached hydrogens (tertiary/aromatic N) is 2. The van der Waals surface area contributed by atoms with Crippen molar-refractivity contribution in [3.63, 3.8) is 0 Å². The number of benzene rings is 1. The van der Waals surface area contributed by atoms with Crippen LogP contribution in [0.15, 0.2) is 18.2 Å². The van der Waals surface area contributed by atoms with E-state index in [2.05, 4.69) is 26.1 Å². The van der Waals surface area contributed by atoms with E-state index in [1.165, 1.54) is 0 Å². The maximum atomic E-state index is 6.11. The van der Waals surface area contributed by atoms with Crippen molar-refractivity contribution in [3.8, 4) is 22.9 Å². The molecule has 1 aromatic carbocycles. The number of ether oxygens (including phenoxy) is 2. The van der Waals surface area contributed by atoms with Gasteiger partial charge in [-0.3, -0.25) is 0 Å². The standard InChI is InChI=1S/C20H29N3O2/c1-7-9-15(8-2)25-20-19(21-5)23-18(14(4)22-20)17-11-10-16(24-6)12-13(17)3/h10-12,15H,7-9H2,1-6H3,(H,21,23). The van der Waals surface area contributed by atoms with E-state index in [-0.39, 0.29) is 6.10 Å². The first-order chi connectivity index (χ1) is 12.0. The number of hydrogen-bond acceptors (Lipinski definition) is 5. The topological polar surface area (TPSA) is 56.3 Å². The van der Waals surface area contributed by atoms with Gasteiger partial charge < -0.3 is 14.8 Å². The quantitative estimate of drug-likeness (QED) is 0.748. The zero-order chi connectivity index (χ0) is 18.4. The predicted molar refractivity (Wildman–Crippen MR) is 103 cm³/mol. The zero-order valence-electron chi connectivity index (χ0n) is 16.1. The average molecular weight is 343 g/mol. The third kappa shape index (κ3) is 4.41. The SMILES string of the molecule is CCCC(CC)Oc1nc(C)c(-c2ccc(OC)cc2C)nc1NC. The fourth-order valence-corrected chi connectivity index (χ4v) is 2.85. The third-order valence-electron chi connectivity index (χ3n) is 4.31. The van der Waals surface area contributed by atoms with Gasteiger partial charge in [-0.2, -0.15) is 0 Å². The minimum Gasteiger partial charge on any atom is -0.497 e. The van der Waals surface area contributed by atoms with Crippen LogP contribution in [0.2, 0.25) is 0 Å². The van der Waals surface area contributed by atoms with Crippen LogP contribution < -0.4 is 14.8 Å². The molecule has 0 amide bonds. The first-order valence-electron chi connectivity index (χ1n) is 8.92. The first-order valence-corrected chi connectivity index (χ1v) is 8.92. The van der Waals surface area contributed by atoms with E-state index in [1.54, 1.807) is 7.11 Å². The Morgan fingerprint density at radius 2 is 1.92 bits per heavy atom. The van der Waals surface area contributed by atoms with Crippen molar-refractivity contribution in [2.45, 2.75) is 53.1 Å². The van der Waals surface area contributed by atoms with Crippen LogP contribution in [-0.4, -0.2) is 30.2 Å². The number of methoxy groups -OCH3 is 1.